The number of thiocarbonyl (C=S) groups is 1. The number of aryl methyl sites for hydroxylation is 1. The molecular weight excluding hydrogens is 328 g/mol. The summed E-state index contributed by atoms with van der Waals surface area (Å²) in [4.78, 5) is 0. The average Bonchev–Trinajstić information content (AvgIpc) is 2.96. The Morgan fingerprint density at radius 2 is 1.64 bits per heavy atom. The van der Waals surface area contributed by atoms with Crippen LogP contribution in [0.4, 0.5) is 5.82 Å². The first kappa shape index (κ1) is 17.2. The minimum atomic E-state index is 0.597. The minimum absolute atomic E-state index is 0.597. The van der Waals surface area contributed by atoms with Gasteiger partial charge in [-0.05, 0) is 36.7 Å². The first-order valence-corrected chi connectivity index (χ1v) is 8.79. The van der Waals surface area contributed by atoms with E-state index >= 15 is 0 Å². The predicted molar refractivity (Wildman–Crippen MR) is 107 cm³/mol. The molecule has 0 saturated carbocycles. The molecule has 1 aromatic heterocycles. The zero-order valence-corrected chi connectivity index (χ0v) is 15.1. The molecule has 0 unspecified atom stereocenters. The standard InChI is InChI=1S/C20H22N4S/c1-16-14-19(23-24(16)15-18-10-6-3-7-11-18)22-20(25)21-13-12-17-8-4-2-5-9-17/h2-11,14H,12-13,15H2,1H3,(H2,21,22,23,25). The summed E-state index contributed by atoms with van der Waals surface area (Å²) >= 11 is 5.36. The fourth-order valence-electron chi connectivity index (χ4n) is 2.61. The van der Waals surface area contributed by atoms with E-state index in [2.05, 4.69) is 40.0 Å². The van der Waals surface area contributed by atoms with Gasteiger partial charge < -0.3 is 10.6 Å². The lowest BCUT2D eigenvalue weighted by molar-refractivity contribution is 0.668. The van der Waals surface area contributed by atoms with Gasteiger partial charge in [-0.3, -0.25) is 4.68 Å². The summed E-state index contributed by atoms with van der Waals surface area (Å²) in [5.41, 5.74) is 3.61. The number of rotatable bonds is 6. The molecule has 3 rings (SSSR count). The molecule has 0 fully saturated rings. The van der Waals surface area contributed by atoms with Crippen LogP contribution in [0.5, 0.6) is 0 Å². The number of aromatic nitrogens is 2. The smallest absolute Gasteiger partial charge is 0.172 e. The summed E-state index contributed by atoms with van der Waals surface area (Å²) in [6.07, 6.45) is 0.935. The predicted octanol–water partition coefficient (Wildman–Crippen LogP) is 3.77. The van der Waals surface area contributed by atoms with Crippen molar-refractivity contribution < 1.29 is 0 Å². The number of hydrogen-bond acceptors (Lipinski definition) is 2. The van der Waals surface area contributed by atoms with Gasteiger partial charge in [0.1, 0.15) is 0 Å². The molecule has 128 valence electrons. The van der Waals surface area contributed by atoms with Gasteiger partial charge in [-0.2, -0.15) is 5.10 Å². The van der Waals surface area contributed by atoms with E-state index in [4.69, 9.17) is 12.2 Å². The Morgan fingerprint density at radius 1 is 1.00 bits per heavy atom. The van der Waals surface area contributed by atoms with Crippen molar-refractivity contribution in [3.63, 3.8) is 0 Å². The summed E-state index contributed by atoms with van der Waals surface area (Å²) < 4.78 is 1.98. The second-order valence-corrected chi connectivity index (χ2v) is 6.34. The van der Waals surface area contributed by atoms with Crippen molar-refractivity contribution in [2.45, 2.75) is 19.9 Å². The monoisotopic (exact) mass is 350 g/mol. The Kier molecular flexibility index (Phi) is 5.80. The number of nitrogens with zero attached hydrogens (tertiary/aromatic N) is 2. The number of hydrogen-bond donors (Lipinski definition) is 2. The van der Waals surface area contributed by atoms with E-state index in [0.717, 1.165) is 31.0 Å². The third-order valence-electron chi connectivity index (χ3n) is 3.94. The lowest BCUT2D eigenvalue weighted by atomic mass is 10.1. The van der Waals surface area contributed by atoms with Crippen molar-refractivity contribution in [3.05, 3.63) is 83.6 Å². The van der Waals surface area contributed by atoms with Crippen LogP contribution in [0, 0.1) is 6.92 Å². The van der Waals surface area contributed by atoms with E-state index in [9.17, 15) is 0 Å². The maximum absolute atomic E-state index is 5.36. The Bertz CT molecular complexity index is 812. The van der Waals surface area contributed by atoms with Crippen LogP contribution in [0.15, 0.2) is 66.7 Å². The van der Waals surface area contributed by atoms with Crippen molar-refractivity contribution in [1.82, 2.24) is 15.1 Å². The number of benzene rings is 2. The minimum Gasteiger partial charge on any atom is -0.362 e. The molecule has 0 aliphatic rings. The molecule has 4 nitrogen and oxygen atoms in total. The Balaban J connectivity index is 1.51. The van der Waals surface area contributed by atoms with Crippen LogP contribution < -0.4 is 10.6 Å². The van der Waals surface area contributed by atoms with E-state index in [1.165, 1.54) is 11.1 Å². The molecule has 0 spiro atoms. The zero-order chi connectivity index (χ0) is 17.5. The second kappa shape index (κ2) is 8.44. The molecule has 3 aromatic rings. The Labute approximate surface area is 153 Å². The fourth-order valence-corrected chi connectivity index (χ4v) is 2.82. The molecule has 0 amide bonds. The lowest BCUT2D eigenvalue weighted by Gasteiger charge is -2.08. The van der Waals surface area contributed by atoms with Crippen LogP contribution in [0.3, 0.4) is 0 Å². The normalized spacial score (nSPS) is 10.4. The maximum Gasteiger partial charge on any atom is 0.172 e. The van der Waals surface area contributed by atoms with Gasteiger partial charge >= 0.3 is 0 Å². The van der Waals surface area contributed by atoms with E-state index in [1.807, 2.05) is 54.1 Å². The molecule has 0 saturated heterocycles. The third kappa shape index (κ3) is 5.16. The molecule has 0 aliphatic carbocycles. The topological polar surface area (TPSA) is 41.9 Å². The summed E-state index contributed by atoms with van der Waals surface area (Å²) in [6, 6.07) is 22.7. The largest absolute Gasteiger partial charge is 0.362 e. The summed E-state index contributed by atoms with van der Waals surface area (Å²) in [7, 11) is 0. The van der Waals surface area contributed by atoms with E-state index in [1.54, 1.807) is 0 Å². The third-order valence-corrected chi connectivity index (χ3v) is 4.19. The Hall–Kier alpha value is -2.66. The highest BCUT2D eigenvalue weighted by Gasteiger charge is 2.06. The van der Waals surface area contributed by atoms with Crippen molar-refractivity contribution in [3.8, 4) is 0 Å². The zero-order valence-electron chi connectivity index (χ0n) is 14.3. The maximum atomic E-state index is 5.36. The lowest BCUT2D eigenvalue weighted by Crippen LogP contribution is -2.30. The first-order chi connectivity index (χ1) is 12.2. The van der Waals surface area contributed by atoms with Gasteiger partial charge in [0.05, 0.1) is 6.54 Å². The summed E-state index contributed by atoms with van der Waals surface area (Å²) in [5.74, 6) is 0.769. The first-order valence-electron chi connectivity index (χ1n) is 8.38. The molecular formula is C20H22N4S. The van der Waals surface area contributed by atoms with Crippen LogP contribution in [-0.2, 0) is 13.0 Å². The molecule has 1 heterocycles. The van der Waals surface area contributed by atoms with Crippen LogP contribution >= 0.6 is 12.2 Å². The highest BCUT2D eigenvalue weighted by atomic mass is 32.1. The highest BCUT2D eigenvalue weighted by molar-refractivity contribution is 7.80. The van der Waals surface area contributed by atoms with Gasteiger partial charge in [0.25, 0.3) is 0 Å². The van der Waals surface area contributed by atoms with Gasteiger partial charge in [-0.15, -0.1) is 0 Å². The van der Waals surface area contributed by atoms with E-state index in [0.29, 0.717) is 5.11 Å². The quantitative estimate of drug-likeness (QED) is 0.664. The van der Waals surface area contributed by atoms with Crippen molar-refractivity contribution in [2.24, 2.45) is 0 Å². The van der Waals surface area contributed by atoms with Crippen molar-refractivity contribution in [2.75, 3.05) is 11.9 Å². The molecule has 0 aliphatic heterocycles. The molecule has 0 atom stereocenters. The van der Waals surface area contributed by atoms with Crippen molar-refractivity contribution >= 4 is 23.1 Å². The Morgan fingerprint density at radius 3 is 2.32 bits per heavy atom. The molecule has 2 N–H and O–H groups in total. The van der Waals surface area contributed by atoms with Crippen LogP contribution in [0.25, 0.3) is 0 Å². The highest BCUT2D eigenvalue weighted by Crippen LogP contribution is 2.11. The molecule has 2 aromatic carbocycles. The van der Waals surface area contributed by atoms with Crippen LogP contribution in [0.1, 0.15) is 16.8 Å². The average molecular weight is 350 g/mol. The SMILES string of the molecule is Cc1cc(NC(=S)NCCc2ccccc2)nn1Cc1ccccc1. The van der Waals surface area contributed by atoms with E-state index in [-0.39, 0.29) is 0 Å². The van der Waals surface area contributed by atoms with Gasteiger partial charge in [0.2, 0.25) is 0 Å². The molecule has 5 heteroatoms. The van der Waals surface area contributed by atoms with Crippen LogP contribution in [0.2, 0.25) is 0 Å². The molecule has 0 bridgehead atoms. The number of anilines is 1. The molecule has 25 heavy (non-hydrogen) atoms. The van der Waals surface area contributed by atoms with Gasteiger partial charge in [0, 0.05) is 18.3 Å². The van der Waals surface area contributed by atoms with Gasteiger partial charge in [0.15, 0.2) is 10.9 Å². The summed E-state index contributed by atoms with van der Waals surface area (Å²) in [6.45, 7) is 3.59. The second-order valence-electron chi connectivity index (χ2n) is 5.93. The fraction of sp³-hybridized carbons (Fsp3) is 0.200. The van der Waals surface area contributed by atoms with Gasteiger partial charge in [-0.1, -0.05) is 60.7 Å². The number of nitrogens with one attached hydrogen (secondary N) is 2. The van der Waals surface area contributed by atoms with Crippen LogP contribution in [-0.4, -0.2) is 21.4 Å². The van der Waals surface area contributed by atoms with E-state index < -0.39 is 0 Å². The van der Waals surface area contributed by atoms with Gasteiger partial charge in [-0.25, -0.2) is 0 Å². The molecule has 0 radical (unpaired) electrons. The summed E-state index contributed by atoms with van der Waals surface area (Å²) in [5, 5.41) is 11.6. The van der Waals surface area contributed by atoms with Crippen molar-refractivity contribution in [1.29, 1.82) is 0 Å².